The van der Waals surface area contributed by atoms with E-state index in [4.69, 9.17) is 0 Å². The third-order valence-electron chi connectivity index (χ3n) is 7.70. The molecule has 2 heterocycles. The molecule has 0 spiro atoms. The smallest absolute Gasteiger partial charge is 0.253 e. The summed E-state index contributed by atoms with van der Waals surface area (Å²) in [5.41, 5.74) is 3.21. The van der Waals surface area contributed by atoms with E-state index in [-0.39, 0.29) is 5.91 Å². The Kier molecular flexibility index (Phi) is 4.64. The minimum Gasteiger partial charge on any atom is -0.345 e. The van der Waals surface area contributed by atoms with E-state index in [1.54, 1.807) is 4.52 Å². The van der Waals surface area contributed by atoms with Crippen LogP contribution in [0.3, 0.4) is 0 Å². The Hall–Kier alpha value is -1.63. The normalized spacial score (nSPS) is 30.3. The minimum atomic E-state index is 0.193. The molecule has 0 aromatic carbocycles. The van der Waals surface area contributed by atoms with E-state index in [1.165, 1.54) is 50.3 Å². The molecule has 6 rings (SSSR count). The molecule has 4 saturated carbocycles. The van der Waals surface area contributed by atoms with Crippen LogP contribution in [-0.2, 0) is 11.2 Å². The van der Waals surface area contributed by atoms with Crippen LogP contribution in [0.5, 0.6) is 0 Å². The lowest BCUT2D eigenvalue weighted by Gasteiger charge is -2.57. The van der Waals surface area contributed by atoms with Gasteiger partial charge in [0.2, 0.25) is 11.1 Å². The highest BCUT2D eigenvalue weighted by Gasteiger charge is 2.51. The molecule has 4 aliphatic carbocycles. The molecule has 6 nitrogen and oxygen atoms in total. The molecule has 0 unspecified atom stereocenters. The van der Waals surface area contributed by atoms with Crippen molar-refractivity contribution in [1.82, 2.24) is 24.5 Å². The summed E-state index contributed by atoms with van der Waals surface area (Å²) < 4.78 is 1.78. The highest BCUT2D eigenvalue weighted by molar-refractivity contribution is 7.98. The number of hydrogen-bond acceptors (Lipinski definition) is 5. The molecule has 29 heavy (non-hydrogen) atoms. The SMILES string of the molecule is CSc1nc2nc(C)c(CC(=O)N(C)CC34CC5CC(CC(C5)C3)C4)c(C)n2n1. The molecule has 0 N–H and O–H groups in total. The number of hydrogen-bond donors (Lipinski definition) is 0. The fourth-order valence-corrected chi connectivity index (χ4v) is 7.23. The molecule has 1 amide bonds. The summed E-state index contributed by atoms with van der Waals surface area (Å²) >= 11 is 1.51. The van der Waals surface area contributed by atoms with Crippen LogP contribution >= 0.6 is 11.8 Å². The van der Waals surface area contributed by atoms with Gasteiger partial charge in [0.1, 0.15) is 0 Å². The first-order chi connectivity index (χ1) is 13.9. The number of thioether (sulfide) groups is 1. The second kappa shape index (κ2) is 6.96. The molecule has 7 heteroatoms. The molecule has 2 aromatic heterocycles. The van der Waals surface area contributed by atoms with E-state index in [0.717, 1.165) is 41.2 Å². The summed E-state index contributed by atoms with van der Waals surface area (Å²) in [6, 6.07) is 0. The van der Waals surface area contributed by atoms with Crippen molar-refractivity contribution in [2.75, 3.05) is 19.8 Å². The van der Waals surface area contributed by atoms with Crippen LogP contribution in [0.25, 0.3) is 5.78 Å². The van der Waals surface area contributed by atoms with E-state index >= 15 is 0 Å². The van der Waals surface area contributed by atoms with Gasteiger partial charge in [0.15, 0.2) is 0 Å². The first-order valence-electron chi connectivity index (χ1n) is 10.9. The predicted octanol–water partition coefficient (Wildman–Crippen LogP) is 3.68. The van der Waals surface area contributed by atoms with Crippen molar-refractivity contribution in [3.05, 3.63) is 17.0 Å². The summed E-state index contributed by atoms with van der Waals surface area (Å²) in [5, 5.41) is 5.22. The van der Waals surface area contributed by atoms with Crippen molar-refractivity contribution in [3.63, 3.8) is 0 Å². The van der Waals surface area contributed by atoms with Crippen molar-refractivity contribution < 1.29 is 4.79 Å². The molecule has 2 aromatic rings. The Morgan fingerprint density at radius 2 is 1.76 bits per heavy atom. The molecular formula is C22H31N5OS. The summed E-state index contributed by atoms with van der Waals surface area (Å²) in [6.07, 6.45) is 10.7. The first kappa shape index (κ1) is 19.3. The lowest BCUT2D eigenvalue weighted by Crippen LogP contribution is -2.51. The Morgan fingerprint density at radius 1 is 1.14 bits per heavy atom. The van der Waals surface area contributed by atoms with E-state index in [2.05, 4.69) is 15.1 Å². The van der Waals surface area contributed by atoms with Crippen molar-refractivity contribution in [2.45, 2.75) is 63.9 Å². The van der Waals surface area contributed by atoms with Crippen LogP contribution in [0, 0.1) is 37.0 Å². The van der Waals surface area contributed by atoms with Crippen LogP contribution < -0.4 is 0 Å². The number of amides is 1. The molecule has 4 aliphatic rings. The van der Waals surface area contributed by atoms with Gasteiger partial charge in [-0.2, -0.15) is 4.98 Å². The summed E-state index contributed by atoms with van der Waals surface area (Å²) in [7, 11) is 2.00. The number of aromatic nitrogens is 4. The van der Waals surface area contributed by atoms with Gasteiger partial charge < -0.3 is 4.90 Å². The summed E-state index contributed by atoms with van der Waals surface area (Å²) in [6.45, 7) is 4.91. The van der Waals surface area contributed by atoms with Gasteiger partial charge in [-0.3, -0.25) is 4.79 Å². The van der Waals surface area contributed by atoms with Crippen molar-refractivity contribution >= 4 is 23.4 Å². The van der Waals surface area contributed by atoms with Crippen LogP contribution in [0.15, 0.2) is 5.16 Å². The van der Waals surface area contributed by atoms with Gasteiger partial charge >= 0.3 is 0 Å². The quantitative estimate of drug-likeness (QED) is 0.700. The van der Waals surface area contributed by atoms with Crippen LogP contribution in [-0.4, -0.2) is 50.2 Å². The third kappa shape index (κ3) is 3.35. The molecule has 0 atom stereocenters. The van der Waals surface area contributed by atoms with Crippen LogP contribution in [0.2, 0.25) is 0 Å². The summed E-state index contributed by atoms with van der Waals surface area (Å²) in [4.78, 5) is 24.2. The fraction of sp³-hybridized carbons (Fsp3) is 0.727. The lowest BCUT2D eigenvalue weighted by atomic mass is 9.49. The van der Waals surface area contributed by atoms with Crippen molar-refractivity contribution in [2.24, 2.45) is 23.2 Å². The van der Waals surface area contributed by atoms with Gasteiger partial charge in [0.25, 0.3) is 5.78 Å². The minimum absolute atomic E-state index is 0.193. The van der Waals surface area contributed by atoms with Gasteiger partial charge in [-0.05, 0) is 81.8 Å². The maximum absolute atomic E-state index is 13.2. The van der Waals surface area contributed by atoms with Gasteiger partial charge in [0, 0.05) is 30.5 Å². The number of rotatable bonds is 5. The van der Waals surface area contributed by atoms with Gasteiger partial charge in [0.05, 0.1) is 6.42 Å². The number of likely N-dealkylation sites (N-methyl/N-ethyl adjacent to an activating group) is 1. The van der Waals surface area contributed by atoms with Crippen LogP contribution in [0.4, 0.5) is 0 Å². The topological polar surface area (TPSA) is 63.4 Å². The number of fused-ring (bicyclic) bond motifs is 1. The standard InChI is InChI=1S/C22H31N5OS/c1-13-18(14(2)27-20(23-13)24-21(25-27)29-4)8-19(28)26(3)12-22-9-15-5-16(10-22)7-17(6-15)11-22/h15-17H,5-12H2,1-4H3. The fourth-order valence-electron chi connectivity index (χ4n) is 6.89. The molecule has 0 radical (unpaired) electrons. The zero-order valence-electron chi connectivity index (χ0n) is 17.9. The van der Waals surface area contributed by atoms with E-state index in [9.17, 15) is 4.79 Å². The summed E-state index contributed by atoms with van der Waals surface area (Å²) in [5.74, 6) is 3.55. The zero-order valence-corrected chi connectivity index (χ0v) is 18.8. The highest BCUT2D eigenvalue weighted by atomic mass is 32.2. The van der Waals surface area contributed by atoms with E-state index < -0.39 is 0 Å². The molecule has 4 fully saturated rings. The maximum Gasteiger partial charge on any atom is 0.253 e. The molecule has 4 bridgehead atoms. The predicted molar refractivity (Wildman–Crippen MR) is 114 cm³/mol. The third-order valence-corrected chi connectivity index (χ3v) is 8.24. The van der Waals surface area contributed by atoms with Crippen LogP contribution in [0.1, 0.15) is 55.5 Å². The zero-order chi connectivity index (χ0) is 20.3. The average Bonchev–Trinajstić information content (AvgIpc) is 3.06. The Balaban J connectivity index is 1.34. The second-order valence-electron chi connectivity index (χ2n) is 9.92. The monoisotopic (exact) mass is 413 g/mol. The van der Waals surface area contributed by atoms with Crippen molar-refractivity contribution in [1.29, 1.82) is 0 Å². The first-order valence-corrected chi connectivity index (χ1v) is 12.1. The Bertz CT molecular complexity index is 932. The average molecular weight is 414 g/mol. The highest BCUT2D eigenvalue weighted by Crippen LogP contribution is 2.60. The number of carbonyl (C=O) groups is 1. The second-order valence-corrected chi connectivity index (χ2v) is 10.7. The molecule has 0 saturated heterocycles. The number of aryl methyl sites for hydroxylation is 2. The Labute approximate surface area is 176 Å². The largest absolute Gasteiger partial charge is 0.345 e. The number of nitrogens with zero attached hydrogens (tertiary/aromatic N) is 5. The number of carbonyl (C=O) groups excluding carboxylic acids is 1. The maximum atomic E-state index is 13.2. The Morgan fingerprint density at radius 3 is 2.34 bits per heavy atom. The molecule has 156 valence electrons. The lowest BCUT2D eigenvalue weighted by molar-refractivity contribution is -0.134. The molecule has 0 aliphatic heterocycles. The van der Waals surface area contributed by atoms with Gasteiger partial charge in [-0.15, -0.1) is 5.10 Å². The van der Waals surface area contributed by atoms with E-state index in [1.807, 2.05) is 32.1 Å². The van der Waals surface area contributed by atoms with Gasteiger partial charge in [-0.1, -0.05) is 11.8 Å². The van der Waals surface area contributed by atoms with Gasteiger partial charge in [-0.25, -0.2) is 9.50 Å². The van der Waals surface area contributed by atoms with Crippen molar-refractivity contribution in [3.8, 4) is 0 Å². The molecular weight excluding hydrogens is 382 g/mol. The van der Waals surface area contributed by atoms with E-state index in [0.29, 0.717) is 22.8 Å².